The van der Waals surface area contributed by atoms with Crippen LogP contribution in [0.3, 0.4) is 0 Å². The van der Waals surface area contributed by atoms with Crippen LogP contribution in [0, 0.1) is 20.4 Å². The monoisotopic (exact) mass is 183 g/mol. The minimum atomic E-state index is 0.646. The molecule has 3 nitrogen and oxygen atoms in total. The zero-order valence-electron chi connectivity index (χ0n) is 8.07. The molecule has 0 bridgehead atoms. The van der Waals surface area contributed by atoms with Crippen molar-refractivity contribution in [1.82, 2.24) is 10.2 Å². The van der Waals surface area contributed by atoms with Gasteiger partial charge in [-0.1, -0.05) is 12.1 Å². The van der Waals surface area contributed by atoms with Gasteiger partial charge >= 0.3 is 0 Å². The van der Waals surface area contributed by atoms with Gasteiger partial charge in [0.15, 0.2) is 5.69 Å². The van der Waals surface area contributed by atoms with Crippen LogP contribution in [-0.2, 0) is 0 Å². The van der Waals surface area contributed by atoms with E-state index in [-0.39, 0.29) is 0 Å². The molecule has 0 aliphatic rings. The highest BCUT2D eigenvalue weighted by molar-refractivity contribution is 5.89. The largest absolute Gasteiger partial charge is 0.238 e. The second kappa shape index (κ2) is 3.08. The average Bonchev–Trinajstić information content (AvgIpc) is 2.23. The molecular formula is C11H9N3. The smallest absolute Gasteiger partial charge is 0.187 e. The first-order valence-electron chi connectivity index (χ1n) is 4.33. The van der Waals surface area contributed by atoms with Crippen molar-refractivity contribution in [2.24, 2.45) is 0 Å². The van der Waals surface area contributed by atoms with Crippen LogP contribution in [0.25, 0.3) is 15.6 Å². The fraction of sp³-hybridized carbons (Fsp3) is 0.182. The van der Waals surface area contributed by atoms with Gasteiger partial charge in [-0.25, -0.2) is 4.85 Å². The number of aryl methyl sites for hydroxylation is 2. The number of hydrogen-bond acceptors (Lipinski definition) is 2. The van der Waals surface area contributed by atoms with Crippen LogP contribution in [0.15, 0.2) is 18.2 Å². The number of fused-ring (bicyclic) bond motifs is 1. The predicted octanol–water partition coefficient (Wildman–Crippen LogP) is 2.80. The highest BCUT2D eigenvalue weighted by Crippen LogP contribution is 2.23. The molecule has 1 aromatic carbocycles. The molecule has 2 aromatic rings. The van der Waals surface area contributed by atoms with Gasteiger partial charge in [-0.3, -0.25) is 0 Å². The molecule has 14 heavy (non-hydrogen) atoms. The minimum Gasteiger partial charge on any atom is -0.238 e. The Hall–Kier alpha value is -1.95. The van der Waals surface area contributed by atoms with Crippen LogP contribution in [0.5, 0.6) is 0 Å². The van der Waals surface area contributed by atoms with E-state index in [9.17, 15) is 0 Å². The molecule has 2 rings (SSSR count). The summed E-state index contributed by atoms with van der Waals surface area (Å²) >= 11 is 0. The molecule has 0 amide bonds. The van der Waals surface area contributed by atoms with Gasteiger partial charge in [0.05, 0.1) is 18.0 Å². The molecule has 0 atom stereocenters. The van der Waals surface area contributed by atoms with Gasteiger partial charge in [0.25, 0.3) is 0 Å². The molecule has 0 unspecified atom stereocenters. The third kappa shape index (κ3) is 1.21. The van der Waals surface area contributed by atoms with Gasteiger partial charge in [0.1, 0.15) is 0 Å². The Morgan fingerprint density at radius 1 is 1.07 bits per heavy atom. The molecule has 0 radical (unpaired) electrons. The highest BCUT2D eigenvalue weighted by Gasteiger charge is 2.03. The fourth-order valence-electron chi connectivity index (χ4n) is 1.47. The summed E-state index contributed by atoms with van der Waals surface area (Å²) in [6.45, 7) is 10.8. The van der Waals surface area contributed by atoms with Crippen LogP contribution in [-0.4, -0.2) is 10.2 Å². The van der Waals surface area contributed by atoms with Crippen LogP contribution >= 0.6 is 0 Å². The number of rotatable bonds is 0. The first kappa shape index (κ1) is 8.64. The molecule has 0 saturated carbocycles. The molecule has 1 heterocycles. The topological polar surface area (TPSA) is 30.1 Å². The molecule has 0 aliphatic heterocycles. The normalized spacial score (nSPS) is 10.1. The summed E-state index contributed by atoms with van der Waals surface area (Å²) in [5.74, 6) is 0. The van der Waals surface area contributed by atoms with Crippen LogP contribution < -0.4 is 0 Å². The third-order valence-corrected chi connectivity index (χ3v) is 2.26. The van der Waals surface area contributed by atoms with Gasteiger partial charge in [-0.2, -0.15) is 10.2 Å². The van der Waals surface area contributed by atoms with Crippen molar-refractivity contribution in [3.63, 3.8) is 0 Å². The van der Waals surface area contributed by atoms with E-state index in [1.165, 1.54) is 0 Å². The summed E-state index contributed by atoms with van der Waals surface area (Å²) in [5, 5.41) is 10.2. The van der Waals surface area contributed by atoms with E-state index in [0.29, 0.717) is 5.69 Å². The lowest BCUT2D eigenvalue weighted by molar-refractivity contribution is 0.964. The van der Waals surface area contributed by atoms with E-state index in [4.69, 9.17) is 6.57 Å². The minimum absolute atomic E-state index is 0.646. The average molecular weight is 183 g/mol. The highest BCUT2D eigenvalue weighted by atomic mass is 15.1. The molecule has 0 N–H and O–H groups in total. The third-order valence-electron chi connectivity index (χ3n) is 2.26. The maximum atomic E-state index is 6.93. The van der Waals surface area contributed by atoms with Gasteiger partial charge in [0, 0.05) is 5.39 Å². The van der Waals surface area contributed by atoms with Crippen molar-refractivity contribution in [1.29, 1.82) is 0 Å². The van der Waals surface area contributed by atoms with Crippen molar-refractivity contribution in [3.05, 3.63) is 41.0 Å². The standard InChI is InChI=1S/C11H9N3/c1-7-10-5-4-9(12-3)6-11(10)8(2)14-13-7/h4-6H,1-2H3. The van der Waals surface area contributed by atoms with Crippen LogP contribution in [0.4, 0.5) is 5.69 Å². The quantitative estimate of drug-likeness (QED) is 0.588. The van der Waals surface area contributed by atoms with E-state index in [1.807, 2.05) is 32.0 Å². The maximum Gasteiger partial charge on any atom is 0.187 e. The lowest BCUT2D eigenvalue weighted by atomic mass is 10.1. The second-order valence-corrected chi connectivity index (χ2v) is 3.21. The van der Waals surface area contributed by atoms with E-state index >= 15 is 0 Å². The summed E-state index contributed by atoms with van der Waals surface area (Å²) in [6.07, 6.45) is 0. The molecule has 0 spiro atoms. The van der Waals surface area contributed by atoms with Crippen molar-refractivity contribution < 1.29 is 0 Å². The molecular weight excluding hydrogens is 174 g/mol. The first-order valence-corrected chi connectivity index (χ1v) is 4.33. The fourth-order valence-corrected chi connectivity index (χ4v) is 1.47. The Morgan fingerprint density at radius 3 is 2.36 bits per heavy atom. The van der Waals surface area contributed by atoms with Crippen molar-refractivity contribution in [3.8, 4) is 0 Å². The van der Waals surface area contributed by atoms with Gasteiger partial charge in [-0.15, -0.1) is 0 Å². The van der Waals surface area contributed by atoms with Gasteiger partial charge < -0.3 is 0 Å². The number of hydrogen-bond donors (Lipinski definition) is 0. The Balaban J connectivity index is 2.89. The molecule has 68 valence electrons. The summed E-state index contributed by atoms with van der Waals surface area (Å²) in [5.41, 5.74) is 2.42. The number of aromatic nitrogens is 2. The summed E-state index contributed by atoms with van der Waals surface area (Å²) in [6, 6.07) is 5.60. The first-order chi connectivity index (χ1) is 6.72. The number of benzene rings is 1. The Kier molecular flexibility index (Phi) is 1.90. The molecule has 0 fully saturated rings. The van der Waals surface area contributed by atoms with E-state index < -0.39 is 0 Å². The number of nitrogens with zero attached hydrogens (tertiary/aromatic N) is 3. The SMILES string of the molecule is [C-]#[N+]c1ccc2c(C)nnc(C)c2c1. The predicted molar refractivity (Wildman–Crippen MR) is 55.3 cm³/mol. The van der Waals surface area contributed by atoms with Crippen LogP contribution in [0.1, 0.15) is 11.4 Å². The zero-order chi connectivity index (χ0) is 10.1. The Labute approximate surface area is 82.2 Å². The lowest BCUT2D eigenvalue weighted by Crippen LogP contribution is -1.92. The van der Waals surface area contributed by atoms with Crippen molar-refractivity contribution in [2.45, 2.75) is 13.8 Å². The molecule has 1 aromatic heterocycles. The maximum absolute atomic E-state index is 6.93. The molecule has 0 saturated heterocycles. The van der Waals surface area contributed by atoms with Crippen molar-refractivity contribution in [2.75, 3.05) is 0 Å². The van der Waals surface area contributed by atoms with E-state index in [0.717, 1.165) is 22.2 Å². The van der Waals surface area contributed by atoms with Gasteiger partial charge in [0.2, 0.25) is 0 Å². The Bertz CT molecular complexity index is 538. The summed E-state index contributed by atoms with van der Waals surface area (Å²) in [4.78, 5) is 3.39. The summed E-state index contributed by atoms with van der Waals surface area (Å²) in [7, 11) is 0. The van der Waals surface area contributed by atoms with E-state index in [2.05, 4.69) is 15.0 Å². The second-order valence-electron chi connectivity index (χ2n) is 3.21. The molecule has 0 aliphatic carbocycles. The van der Waals surface area contributed by atoms with Crippen molar-refractivity contribution >= 4 is 16.5 Å². The molecule has 3 heteroatoms. The Morgan fingerprint density at radius 2 is 1.71 bits per heavy atom. The lowest BCUT2D eigenvalue weighted by Gasteiger charge is -2.03. The zero-order valence-corrected chi connectivity index (χ0v) is 8.07. The van der Waals surface area contributed by atoms with Crippen LogP contribution in [0.2, 0.25) is 0 Å². The summed E-state index contributed by atoms with van der Waals surface area (Å²) < 4.78 is 0. The van der Waals surface area contributed by atoms with E-state index in [1.54, 1.807) is 0 Å². The van der Waals surface area contributed by atoms with Gasteiger partial charge in [-0.05, 0) is 25.3 Å².